The summed E-state index contributed by atoms with van der Waals surface area (Å²) in [7, 11) is 0. The van der Waals surface area contributed by atoms with E-state index < -0.39 is 47.7 Å². The van der Waals surface area contributed by atoms with Crippen molar-refractivity contribution in [1.29, 1.82) is 0 Å². The summed E-state index contributed by atoms with van der Waals surface area (Å²) in [5, 5.41) is 14.6. The summed E-state index contributed by atoms with van der Waals surface area (Å²) in [4.78, 5) is 16.9. The number of aromatic nitrogens is 8. The van der Waals surface area contributed by atoms with Crippen LogP contribution in [-0.2, 0) is 17.3 Å². The van der Waals surface area contributed by atoms with Crippen molar-refractivity contribution in [3.63, 3.8) is 0 Å². The van der Waals surface area contributed by atoms with Gasteiger partial charge in [0.1, 0.15) is 11.4 Å². The van der Waals surface area contributed by atoms with Crippen LogP contribution in [0.1, 0.15) is 60.8 Å². The average molecular weight is 747 g/mol. The number of alkyl halides is 5. The van der Waals surface area contributed by atoms with Crippen molar-refractivity contribution in [1.82, 2.24) is 39.5 Å². The molecule has 18 heteroatoms. The largest absolute Gasteiger partial charge is 0.456 e. The number of hydrogen-bond donors (Lipinski definition) is 0. The van der Waals surface area contributed by atoms with Crippen molar-refractivity contribution in [2.45, 2.75) is 51.6 Å². The number of carbonyl (C=O) groups excluding carboxylic acids is 1. The SMILES string of the molecule is CC(C)(C)OC(=O)c1ccc(-c2cnn(C(Cc3ccn(C(F)F)n3)c3ccc(-c4c(-n5cc(C(F)(F)F)nn5)ccc(Cl)c4F)cn3)c2)c(F)c1. The Bertz CT molecular complexity index is 2240. The molecule has 0 saturated carbocycles. The molecular weight excluding hydrogens is 721 g/mol. The molecule has 0 aliphatic carbocycles. The first-order chi connectivity index (χ1) is 24.5. The fraction of sp³-hybridized carbons (Fsp3) is 0.235. The minimum absolute atomic E-state index is 0.00394. The van der Waals surface area contributed by atoms with E-state index in [2.05, 4.69) is 25.5 Å². The molecular formula is C34H26ClF7N8O2. The van der Waals surface area contributed by atoms with Crippen molar-refractivity contribution in [2.24, 2.45) is 0 Å². The Kier molecular flexibility index (Phi) is 9.65. The molecule has 0 N–H and O–H groups in total. The Morgan fingerprint density at radius 3 is 2.33 bits per heavy atom. The van der Waals surface area contributed by atoms with Crippen molar-refractivity contribution >= 4 is 17.6 Å². The minimum Gasteiger partial charge on any atom is -0.456 e. The van der Waals surface area contributed by atoms with Gasteiger partial charge in [-0.25, -0.2) is 22.9 Å². The van der Waals surface area contributed by atoms with Crippen LogP contribution in [0.5, 0.6) is 0 Å². The summed E-state index contributed by atoms with van der Waals surface area (Å²) in [5.74, 6) is -2.39. The first kappa shape index (κ1) is 36.2. The molecule has 2 aromatic carbocycles. The topological polar surface area (TPSA) is 106 Å². The minimum atomic E-state index is -4.80. The molecule has 1 atom stereocenters. The number of nitrogens with zero attached hydrogens (tertiary/aromatic N) is 8. The normalized spacial score (nSPS) is 12.8. The molecule has 1 unspecified atom stereocenters. The van der Waals surface area contributed by atoms with Crippen LogP contribution >= 0.6 is 11.6 Å². The Labute approximate surface area is 295 Å². The number of carbonyl (C=O) groups is 1. The Morgan fingerprint density at radius 2 is 1.71 bits per heavy atom. The molecule has 0 amide bonds. The van der Waals surface area contributed by atoms with Gasteiger partial charge in [-0.05, 0) is 57.2 Å². The standard InChI is InChI=1S/C34H26ClF7N8O2/c1-33(2,3)52-31(51)18-4-6-22(24(36)12-18)20-15-44-49(16-20)27(13-21-10-11-48(46-21)32(38)39)25-8-5-19(14-43-25)29-26(9-7-23(35)30(29)37)50-17-28(45-47-50)34(40,41)42/h4-12,14-17,27,32H,13H2,1-3H3. The summed E-state index contributed by atoms with van der Waals surface area (Å²) < 4.78 is 105. The second-order valence-electron chi connectivity index (χ2n) is 12.5. The summed E-state index contributed by atoms with van der Waals surface area (Å²) in [6.07, 6.45) is 0.990. The van der Waals surface area contributed by atoms with E-state index in [0.717, 1.165) is 23.0 Å². The van der Waals surface area contributed by atoms with Gasteiger partial charge in [0.15, 0.2) is 11.5 Å². The average Bonchev–Trinajstić information content (AvgIpc) is 3.86. The zero-order valence-corrected chi connectivity index (χ0v) is 28.0. The fourth-order valence-electron chi connectivity index (χ4n) is 5.26. The second kappa shape index (κ2) is 13.9. The van der Waals surface area contributed by atoms with E-state index in [9.17, 15) is 26.7 Å². The first-order valence-corrected chi connectivity index (χ1v) is 15.7. The maximum atomic E-state index is 15.5. The number of rotatable bonds is 9. The molecule has 270 valence electrons. The highest BCUT2D eigenvalue weighted by molar-refractivity contribution is 6.31. The van der Waals surface area contributed by atoms with Crippen molar-refractivity contribution in [3.05, 3.63) is 119 Å². The lowest BCUT2D eigenvalue weighted by molar-refractivity contribution is -0.141. The molecule has 0 aliphatic rings. The van der Waals surface area contributed by atoms with Crippen LogP contribution in [0.15, 0.2) is 79.5 Å². The Morgan fingerprint density at radius 1 is 0.942 bits per heavy atom. The van der Waals surface area contributed by atoms with Gasteiger partial charge >= 0.3 is 18.7 Å². The van der Waals surface area contributed by atoms with Crippen LogP contribution in [-0.4, -0.2) is 51.1 Å². The van der Waals surface area contributed by atoms with Gasteiger partial charge in [-0.1, -0.05) is 28.9 Å². The highest BCUT2D eigenvalue weighted by atomic mass is 35.5. The van der Waals surface area contributed by atoms with Gasteiger partial charge in [0.2, 0.25) is 0 Å². The molecule has 52 heavy (non-hydrogen) atoms. The van der Waals surface area contributed by atoms with Crippen LogP contribution in [0.3, 0.4) is 0 Å². The number of benzene rings is 2. The maximum Gasteiger partial charge on any atom is 0.436 e. The zero-order valence-electron chi connectivity index (χ0n) is 27.3. The first-order valence-electron chi connectivity index (χ1n) is 15.3. The zero-order chi connectivity index (χ0) is 37.5. The monoisotopic (exact) mass is 746 g/mol. The van der Waals surface area contributed by atoms with Gasteiger partial charge in [-0.3, -0.25) is 9.67 Å². The van der Waals surface area contributed by atoms with E-state index >= 15 is 8.78 Å². The Balaban J connectivity index is 1.36. The molecule has 0 aliphatic heterocycles. The number of ether oxygens (including phenoxy) is 1. The predicted octanol–water partition coefficient (Wildman–Crippen LogP) is 8.52. The molecule has 0 fully saturated rings. The molecule has 4 aromatic heterocycles. The molecule has 6 aromatic rings. The molecule has 6 rings (SSSR count). The van der Waals surface area contributed by atoms with Gasteiger partial charge < -0.3 is 4.74 Å². The maximum absolute atomic E-state index is 15.5. The fourth-order valence-corrected chi connectivity index (χ4v) is 5.41. The van der Waals surface area contributed by atoms with E-state index in [4.69, 9.17) is 16.3 Å². The van der Waals surface area contributed by atoms with Crippen molar-refractivity contribution in [2.75, 3.05) is 0 Å². The third kappa shape index (κ3) is 7.68. The molecule has 10 nitrogen and oxygen atoms in total. The number of esters is 1. The van der Waals surface area contributed by atoms with Crippen molar-refractivity contribution in [3.8, 4) is 27.9 Å². The van der Waals surface area contributed by atoms with E-state index in [0.29, 0.717) is 16.4 Å². The van der Waals surface area contributed by atoms with Crippen LogP contribution in [0, 0.1) is 11.6 Å². The van der Waals surface area contributed by atoms with Gasteiger partial charge in [0.05, 0.1) is 46.1 Å². The second-order valence-corrected chi connectivity index (χ2v) is 12.9. The lowest BCUT2D eigenvalue weighted by Crippen LogP contribution is -2.23. The van der Waals surface area contributed by atoms with Crippen LogP contribution in [0.2, 0.25) is 5.02 Å². The molecule has 0 radical (unpaired) electrons. The van der Waals surface area contributed by atoms with Gasteiger partial charge in [-0.2, -0.15) is 32.1 Å². The smallest absolute Gasteiger partial charge is 0.436 e. The summed E-state index contributed by atoms with van der Waals surface area (Å²) in [5.41, 5.74) is -1.36. The van der Waals surface area contributed by atoms with Gasteiger partial charge in [0, 0.05) is 47.3 Å². The lowest BCUT2D eigenvalue weighted by atomic mass is 10.0. The Hall–Kier alpha value is -5.58. The number of halogens is 8. The van der Waals surface area contributed by atoms with E-state index in [1.54, 1.807) is 20.8 Å². The molecule has 0 bridgehead atoms. The lowest BCUT2D eigenvalue weighted by Gasteiger charge is -2.19. The highest BCUT2D eigenvalue weighted by Crippen LogP contribution is 2.36. The van der Waals surface area contributed by atoms with Gasteiger partial charge in [-0.15, -0.1) is 5.10 Å². The molecule has 0 saturated heterocycles. The quantitative estimate of drug-likeness (QED) is 0.108. The van der Waals surface area contributed by atoms with E-state index in [1.165, 1.54) is 59.7 Å². The summed E-state index contributed by atoms with van der Waals surface area (Å²) >= 11 is 6.05. The van der Waals surface area contributed by atoms with E-state index in [-0.39, 0.29) is 50.8 Å². The number of pyridine rings is 1. The predicted molar refractivity (Wildman–Crippen MR) is 173 cm³/mol. The molecule has 0 spiro atoms. The van der Waals surface area contributed by atoms with Crippen molar-refractivity contribution < 1.29 is 40.3 Å². The number of hydrogen-bond acceptors (Lipinski definition) is 7. The molecule has 4 heterocycles. The third-order valence-electron chi connectivity index (χ3n) is 7.62. The highest BCUT2D eigenvalue weighted by Gasteiger charge is 2.35. The van der Waals surface area contributed by atoms with Crippen LogP contribution in [0.25, 0.3) is 27.9 Å². The summed E-state index contributed by atoms with van der Waals surface area (Å²) in [6.45, 7) is 2.15. The third-order valence-corrected chi connectivity index (χ3v) is 7.91. The van der Waals surface area contributed by atoms with Crippen LogP contribution < -0.4 is 0 Å². The van der Waals surface area contributed by atoms with E-state index in [1.807, 2.05) is 0 Å². The summed E-state index contributed by atoms with van der Waals surface area (Å²) in [6, 6.07) is 9.75. The van der Waals surface area contributed by atoms with Gasteiger partial charge in [0.25, 0.3) is 0 Å². The van der Waals surface area contributed by atoms with Crippen LogP contribution in [0.4, 0.5) is 30.7 Å².